The Morgan fingerprint density at radius 2 is 1.97 bits per heavy atom. The number of nitrogens with zero attached hydrogens (tertiary/aromatic N) is 4. The van der Waals surface area contributed by atoms with E-state index < -0.39 is 10.0 Å². The summed E-state index contributed by atoms with van der Waals surface area (Å²) in [5.74, 6) is -0.218. The van der Waals surface area contributed by atoms with Crippen LogP contribution >= 0.6 is 0 Å². The number of aryl methyl sites for hydroxylation is 3. The largest absolute Gasteiger partial charge is 0.271 e. The Morgan fingerprint density at radius 3 is 2.68 bits per heavy atom. The number of benzene rings is 1. The highest BCUT2D eigenvalue weighted by atomic mass is 32.2. The van der Waals surface area contributed by atoms with Crippen LogP contribution in [-0.2, 0) is 23.0 Å². The van der Waals surface area contributed by atoms with Gasteiger partial charge in [-0.3, -0.25) is 9.67 Å². The maximum Gasteiger partial charge on any atom is 0.246 e. The SMILES string of the molecule is CCn1cc(S(=O)(=O)N2CC[C@@H](c3cc(Cc4cccc(F)c4)cc(C)n3)C2)c(C)n1. The fourth-order valence-electron chi connectivity index (χ4n) is 4.20. The Labute approximate surface area is 182 Å². The molecule has 0 aliphatic carbocycles. The minimum Gasteiger partial charge on any atom is -0.271 e. The van der Waals surface area contributed by atoms with Crippen LogP contribution in [0, 0.1) is 19.7 Å². The molecule has 0 amide bonds. The van der Waals surface area contributed by atoms with Crippen LogP contribution in [0.2, 0.25) is 0 Å². The van der Waals surface area contributed by atoms with E-state index >= 15 is 0 Å². The molecule has 0 N–H and O–H groups in total. The average molecular weight is 443 g/mol. The minimum absolute atomic E-state index is 0.0301. The van der Waals surface area contributed by atoms with Crippen LogP contribution in [0.5, 0.6) is 0 Å². The van der Waals surface area contributed by atoms with Gasteiger partial charge in [-0.25, -0.2) is 12.8 Å². The molecule has 1 aliphatic heterocycles. The predicted octanol–water partition coefficient (Wildman–Crippen LogP) is 3.82. The molecule has 1 aromatic carbocycles. The summed E-state index contributed by atoms with van der Waals surface area (Å²) in [6, 6.07) is 10.6. The normalized spacial score (nSPS) is 17.4. The Bertz CT molecular complexity index is 1210. The van der Waals surface area contributed by atoms with E-state index in [1.54, 1.807) is 23.9 Å². The fraction of sp³-hybridized carbons (Fsp3) is 0.391. The monoisotopic (exact) mass is 442 g/mol. The van der Waals surface area contributed by atoms with Gasteiger partial charge in [0.05, 0.1) is 5.69 Å². The summed E-state index contributed by atoms with van der Waals surface area (Å²) in [5, 5.41) is 4.29. The number of hydrogen-bond acceptors (Lipinski definition) is 4. The van der Waals surface area contributed by atoms with Crippen LogP contribution in [0.15, 0.2) is 47.5 Å². The molecular weight excluding hydrogens is 415 g/mol. The molecule has 6 nitrogen and oxygen atoms in total. The van der Waals surface area contributed by atoms with Crippen molar-refractivity contribution in [1.82, 2.24) is 19.1 Å². The summed E-state index contributed by atoms with van der Waals surface area (Å²) >= 11 is 0. The first-order valence-electron chi connectivity index (χ1n) is 10.5. The van der Waals surface area contributed by atoms with Crippen molar-refractivity contribution in [3.05, 3.63) is 76.6 Å². The van der Waals surface area contributed by atoms with Crippen LogP contribution in [0.3, 0.4) is 0 Å². The lowest BCUT2D eigenvalue weighted by molar-refractivity contribution is 0.471. The highest BCUT2D eigenvalue weighted by Gasteiger charge is 2.35. The molecule has 3 heterocycles. The van der Waals surface area contributed by atoms with E-state index in [1.807, 2.05) is 32.0 Å². The minimum atomic E-state index is -3.59. The summed E-state index contributed by atoms with van der Waals surface area (Å²) in [7, 11) is -3.59. The van der Waals surface area contributed by atoms with Crippen molar-refractivity contribution >= 4 is 10.0 Å². The molecule has 0 radical (unpaired) electrons. The van der Waals surface area contributed by atoms with E-state index in [0.717, 1.165) is 28.9 Å². The molecule has 0 spiro atoms. The highest BCUT2D eigenvalue weighted by Crippen LogP contribution is 2.32. The van der Waals surface area contributed by atoms with E-state index in [2.05, 4.69) is 10.1 Å². The summed E-state index contributed by atoms with van der Waals surface area (Å²) in [5.41, 5.74) is 4.25. The van der Waals surface area contributed by atoms with E-state index in [1.165, 1.54) is 16.4 Å². The molecule has 0 saturated carbocycles. The van der Waals surface area contributed by atoms with Crippen LogP contribution in [-0.4, -0.2) is 40.6 Å². The Balaban J connectivity index is 1.55. The van der Waals surface area contributed by atoms with Gasteiger partial charge in [0.25, 0.3) is 0 Å². The summed E-state index contributed by atoms with van der Waals surface area (Å²) in [4.78, 5) is 4.96. The molecule has 1 atom stereocenters. The number of halogens is 1. The van der Waals surface area contributed by atoms with Crippen LogP contribution in [0.1, 0.15) is 47.5 Å². The number of hydrogen-bond donors (Lipinski definition) is 0. The van der Waals surface area contributed by atoms with E-state index in [4.69, 9.17) is 0 Å². The third-order valence-corrected chi connectivity index (χ3v) is 7.71. The predicted molar refractivity (Wildman–Crippen MR) is 117 cm³/mol. The van der Waals surface area contributed by atoms with Crippen molar-refractivity contribution in [2.24, 2.45) is 0 Å². The molecule has 1 saturated heterocycles. The van der Waals surface area contributed by atoms with Gasteiger partial charge in [-0.05, 0) is 69.0 Å². The molecule has 1 aliphatic rings. The van der Waals surface area contributed by atoms with Crippen LogP contribution < -0.4 is 0 Å². The smallest absolute Gasteiger partial charge is 0.246 e. The number of rotatable bonds is 6. The fourth-order valence-corrected chi connectivity index (χ4v) is 5.87. The van der Waals surface area contributed by atoms with Gasteiger partial charge in [0, 0.05) is 43.1 Å². The van der Waals surface area contributed by atoms with E-state index in [-0.39, 0.29) is 16.6 Å². The van der Waals surface area contributed by atoms with Gasteiger partial charge in [0.15, 0.2) is 0 Å². The maximum absolute atomic E-state index is 13.5. The van der Waals surface area contributed by atoms with Gasteiger partial charge < -0.3 is 0 Å². The first-order chi connectivity index (χ1) is 14.8. The summed E-state index contributed by atoms with van der Waals surface area (Å²) in [6.07, 6.45) is 2.94. The molecule has 2 aromatic heterocycles. The zero-order chi connectivity index (χ0) is 22.2. The van der Waals surface area contributed by atoms with Gasteiger partial charge in [-0.1, -0.05) is 12.1 Å². The van der Waals surface area contributed by atoms with Gasteiger partial charge in [-0.15, -0.1) is 0 Å². The third-order valence-electron chi connectivity index (χ3n) is 5.74. The number of sulfonamides is 1. The Hall–Kier alpha value is -2.58. The van der Waals surface area contributed by atoms with Crippen molar-refractivity contribution in [2.75, 3.05) is 13.1 Å². The van der Waals surface area contributed by atoms with Crippen molar-refractivity contribution in [1.29, 1.82) is 0 Å². The Kier molecular flexibility index (Phi) is 5.94. The second-order valence-corrected chi connectivity index (χ2v) is 10.0. The van der Waals surface area contributed by atoms with Crippen LogP contribution in [0.25, 0.3) is 0 Å². The van der Waals surface area contributed by atoms with Crippen molar-refractivity contribution in [3.8, 4) is 0 Å². The summed E-state index contributed by atoms with van der Waals surface area (Å²) in [6.45, 7) is 7.07. The lowest BCUT2D eigenvalue weighted by Gasteiger charge is -2.16. The lowest BCUT2D eigenvalue weighted by atomic mass is 9.98. The number of aromatic nitrogens is 3. The molecule has 4 rings (SSSR count). The van der Waals surface area contributed by atoms with E-state index in [0.29, 0.717) is 31.7 Å². The summed E-state index contributed by atoms with van der Waals surface area (Å²) < 4.78 is 43.1. The third kappa shape index (κ3) is 4.55. The van der Waals surface area contributed by atoms with Crippen molar-refractivity contribution in [3.63, 3.8) is 0 Å². The zero-order valence-electron chi connectivity index (χ0n) is 18.0. The molecule has 0 unspecified atom stereocenters. The molecular formula is C23H27FN4O2S. The quantitative estimate of drug-likeness (QED) is 0.582. The highest BCUT2D eigenvalue weighted by molar-refractivity contribution is 7.89. The van der Waals surface area contributed by atoms with Crippen molar-refractivity contribution in [2.45, 2.75) is 51.0 Å². The molecule has 31 heavy (non-hydrogen) atoms. The zero-order valence-corrected chi connectivity index (χ0v) is 18.9. The standard InChI is InChI=1S/C23H27FN4O2S/c1-4-27-15-23(17(3)26-27)31(29,30)28-9-8-20(14-28)22-13-19(10-16(2)25-22)11-18-6-5-7-21(24)12-18/h5-7,10,12-13,15,20H,4,8-9,11,14H2,1-3H3/t20-/m1/s1. The molecule has 8 heteroatoms. The molecule has 3 aromatic rings. The van der Waals surface area contributed by atoms with E-state index in [9.17, 15) is 12.8 Å². The van der Waals surface area contributed by atoms with Gasteiger partial charge in [-0.2, -0.15) is 9.40 Å². The molecule has 0 bridgehead atoms. The van der Waals surface area contributed by atoms with Gasteiger partial charge >= 0.3 is 0 Å². The second kappa shape index (κ2) is 8.51. The van der Waals surface area contributed by atoms with Gasteiger partial charge in [0.2, 0.25) is 10.0 Å². The first kappa shape index (κ1) is 21.6. The second-order valence-electron chi connectivity index (χ2n) is 8.13. The average Bonchev–Trinajstić information content (AvgIpc) is 3.35. The number of pyridine rings is 1. The first-order valence-corrected chi connectivity index (χ1v) is 12.0. The van der Waals surface area contributed by atoms with Crippen molar-refractivity contribution < 1.29 is 12.8 Å². The molecule has 1 fully saturated rings. The van der Waals surface area contributed by atoms with Gasteiger partial charge in [0.1, 0.15) is 10.7 Å². The lowest BCUT2D eigenvalue weighted by Crippen LogP contribution is -2.29. The Morgan fingerprint density at radius 1 is 1.16 bits per heavy atom. The van der Waals surface area contributed by atoms with Crippen LogP contribution in [0.4, 0.5) is 4.39 Å². The molecule has 164 valence electrons. The maximum atomic E-state index is 13.5. The topological polar surface area (TPSA) is 68.1 Å².